The molecule has 1 aromatic carbocycles. The van der Waals surface area contributed by atoms with Gasteiger partial charge in [-0.1, -0.05) is 19.1 Å². The normalized spacial score (nSPS) is 19.2. The second-order valence-electron chi connectivity index (χ2n) is 7.89. The van der Waals surface area contributed by atoms with Gasteiger partial charge < -0.3 is 21.7 Å². The highest BCUT2D eigenvalue weighted by Gasteiger charge is 2.38. The van der Waals surface area contributed by atoms with Crippen molar-refractivity contribution in [2.45, 2.75) is 45.2 Å². The first-order valence-corrected chi connectivity index (χ1v) is 11.1. The third kappa shape index (κ3) is 5.57. The maximum atomic E-state index is 13.2. The molecule has 9 nitrogen and oxygen atoms in total. The van der Waals surface area contributed by atoms with E-state index >= 15 is 0 Å². The number of rotatable bonds is 8. The van der Waals surface area contributed by atoms with E-state index in [4.69, 9.17) is 11.5 Å². The highest BCUT2D eigenvalue weighted by molar-refractivity contribution is 7.20. The SMILES string of the molecule is CC(=O)N1C[C@H](C)C[C@H]1C(=O)N[C@@H](CCCN=C(N)N)C(=O)c1nc2ccccc2s1. The van der Waals surface area contributed by atoms with Gasteiger partial charge in [-0.25, -0.2) is 4.98 Å². The molecule has 2 heterocycles. The van der Waals surface area contributed by atoms with Crippen LogP contribution in [0.5, 0.6) is 0 Å². The number of benzene rings is 1. The molecular weight excluding hydrogens is 416 g/mol. The number of fused-ring (bicyclic) bond motifs is 1. The first-order chi connectivity index (χ1) is 14.8. The summed E-state index contributed by atoms with van der Waals surface area (Å²) in [5, 5.41) is 3.21. The summed E-state index contributed by atoms with van der Waals surface area (Å²) in [6.45, 7) is 4.34. The van der Waals surface area contributed by atoms with E-state index in [2.05, 4.69) is 15.3 Å². The Kier molecular flexibility index (Phi) is 7.21. The van der Waals surface area contributed by atoms with Crippen molar-refractivity contribution in [3.63, 3.8) is 0 Å². The van der Waals surface area contributed by atoms with Crippen LogP contribution in [0.4, 0.5) is 0 Å². The maximum Gasteiger partial charge on any atom is 0.243 e. The van der Waals surface area contributed by atoms with Crippen LogP contribution in [0.1, 0.15) is 42.9 Å². The summed E-state index contributed by atoms with van der Waals surface area (Å²) < 4.78 is 0.906. The van der Waals surface area contributed by atoms with Gasteiger partial charge in [0.05, 0.1) is 16.3 Å². The molecule has 1 fully saturated rings. The summed E-state index contributed by atoms with van der Waals surface area (Å²) in [5.41, 5.74) is 11.5. The molecule has 0 radical (unpaired) electrons. The van der Waals surface area contributed by atoms with Crippen LogP contribution in [-0.2, 0) is 9.59 Å². The molecule has 0 bridgehead atoms. The molecule has 3 atom stereocenters. The Balaban J connectivity index is 1.78. The summed E-state index contributed by atoms with van der Waals surface area (Å²) in [6.07, 6.45) is 1.44. The summed E-state index contributed by atoms with van der Waals surface area (Å²) in [4.78, 5) is 48.2. The van der Waals surface area contributed by atoms with Gasteiger partial charge in [0, 0.05) is 20.0 Å². The molecule has 0 unspecified atom stereocenters. The lowest BCUT2D eigenvalue weighted by molar-refractivity contribution is -0.137. The van der Waals surface area contributed by atoms with E-state index in [9.17, 15) is 14.4 Å². The molecule has 166 valence electrons. The van der Waals surface area contributed by atoms with Crippen molar-refractivity contribution >= 4 is 45.1 Å². The number of amides is 2. The number of hydrogen-bond acceptors (Lipinski definition) is 6. The first kappa shape index (κ1) is 22.7. The van der Waals surface area contributed by atoms with Crippen molar-refractivity contribution in [3.05, 3.63) is 29.3 Å². The molecule has 5 N–H and O–H groups in total. The van der Waals surface area contributed by atoms with Gasteiger partial charge in [-0.2, -0.15) is 0 Å². The Morgan fingerprint density at radius 2 is 2.06 bits per heavy atom. The number of carbonyl (C=O) groups excluding carboxylic acids is 3. The fraction of sp³-hybridized carbons (Fsp3) is 0.476. The van der Waals surface area contributed by atoms with Gasteiger partial charge in [0.1, 0.15) is 6.04 Å². The number of nitrogens with zero attached hydrogens (tertiary/aromatic N) is 3. The smallest absolute Gasteiger partial charge is 0.243 e. The standard InChI is InChI=1S/C21H28N6O3S/c1-12-10-16(27(11-12)13(2)28)19(30)25-15(7-5-9-24-21(22)23)18(29)20-26-14-6-3-4-8-17(14)31-20/h3-4,6,8,12,15-16H,5,7,9-11H2,1-2H3,(H,25,30)(H4,22,23,24)/t12-,15+,16+/m1/s1. The maximum absolute atomic E-state index is 13.2. The van der Waals surface area contributed by atoms with E-state index in [-0.39, 0.29) is 29.5 Å². The molecular formula is C21H28N6O3S. The lowest BCUT2D eigenvalue weighted by atomic mass is 10.0. The minimum absolute atomic E-state index is 0.0184. The van der Waals surface area contributed by atoms with E-state index in [1.807, 2.05) is 31.2 Å². The van der Waals surface area contributed by atoms with Crippen molar-refractivity contribution in [3.8, 4) is 0 Å². The van der Waals surface area contributed by atoms with Gasteiger partial charge in [0.15, 0.2) is 11.0 Å². The van der Waals surface area contributed by atoms with E-state index < -0.39 is 12.1 Å². The molecule has 10 heteroatoms. The Bertz CT molecular complexity index is 967. The van der Waals surface area contributed by atoms with Crippen molar-refractivity contribution in [2.75, 3.05) is 13.1 Å². The molecule has 1 aromatic heterocycles. The number of thiazole rings is 1. The molecule has 1 aliphatic rings. The van der Waals surface area contributed by atoms with Crippen LogP contribution in [0.25, 0.3) is 10.2 Å². The largest absolute Gasteiger partial charge is 0.370 e. The summed E-state index contributed by atoms with van der Waals surface area (Å²) in [7, 11) is 0. The number of aliphatic imine (C=N–C) groups is 1. The fourth-order valence-electron chi connectivity index (χ4n) is 3.81. The number of nitrogens with two attached hydrogens (primary N) is 2. The van der Waals surface area contributed by atoms with Crippen LogP contribution in [-0.4, -0.2) is 58.6 Å². The molecule has 3 rings (SSSR count). The Morgan fingerprint density at radius 1 is 1.32 bits per heavy atom. The quantitative estimate of drug-likeness (QED) is 0.242. The number of nitrogens with one attached hydrogen (secondary N) is 1. The van der Waals surface area contributed by atoms with Gasteiger partial charge in [0.25, 0.3) is 0 Å². The van der Waals surface area contributed by atoms with Crippen molar-refractivity contribution in [1.29, 1.82) is 0 Å². The van der Waals surface area contributed by atoms with Gasteiger partial charge in [-0.05, 0) is 37.3 Å². The molecule has 0 aliphatic carbocycles. The van der Waals surface area contributed by atoms with Crippen LogP contribution in [0.3, 0.4) is 0 Å². The van der Waals surface area contributed by atoms with Crippen LogP contribution >= 0.6 is 11.3 Å². The number of aromatic nitrogens is 1. The average Bonchev–Trinajstić information content (AvgIpc) is 3.33. The molecule has 2 amide bonds. The monoisotopic (exact) mass is 444 g/mol. The number of para-hydroxylation sites is 1. The number of Topliss-reactive ketones (excluding diaryl/α,β-unsaturated/α-hetero) is 1. The van der Waals surface area contributed by atoms with Gasteiger partial charge in [-0.3, -0.25) is 19.4 Å². The van der Waals surface area contributed by atoms with Gasteiger partial charge in [-0.15, -0.1) is 11.3 Å². The topological polar surface area (TPSA) is 144 Å². The molecule has 1 saturated heterocycles. The van der Waals surface area contributed by atoms with E-state index in [0.29, 0.717) is 37.4 Å². The molecule has 2 aromatic rings. The second-order valence-corrected chi connectivity index (χ2v) is 8.92. The van der Waals surface area contributed by atoms with Crippen molar-refractivity contribution < 1.29 is 14.4 Å². The van der Waals surface area contributed by atoms with E-state index in [1.165, 1.54) is 18.3 Å². The number of likely N-dealkylation sites (tertiary alicyclic amines) is 1. The van der Waals surface area contributed by atoms with Crippen molar-refractivity contribution in [1.82, 2.24) is 15.2 Å². The number of carbonyl (C=O) groups is 3. The zero-order valence-electron chi connectivity index (χ0n) is 17.7. The lowest BCUT2D eigenvalue weighted by Crippen LogP contribution is -2.50. The highest BCUT2D eigenvalue weighted by Crippen LogP contribution is 2.25. The minimum Gasteiger partial charge on any atom is -0.370 e. The van der Waals surface area contributed by atoms with Gasteiger partial charge >= 0.3 is 0 Å². The number of hydrogen-bond donors (Lipinski definition) is 3. The zero-order valence-corrected chi connectivity index (χ0v) is 18.5. The second kappa shape index (κ2) is 9.86. The summed E-state index contributed by atoms with van der Waals surface area (Å²) in [5.74, 6) is -0.512. The first-order valence-electron chi connectivity index (χ1n) is 10.3. The molecule has 31 heavy (non-hydrogen) atoms. The zero-order chi connectivity index (χ0) is 22.5. The number of guanidine groups is 1. The molecule has 0 saturated carbocycles. The predicted molar refractivity (Wildman–Crippen MR) is 121 cm³/mol. The average molecular weight is 445 g/mol. The third-order valence-corrected chi connectivity index (χ3v) is 6.35. The lowest BCUT2D eigenvalue weighted by Gasteiger charge is -2.25. The van der Waals surface area contributed by atoms with E-state index in [0.717, 1.165) is 10.2 Å². The molecule has 1 aliphatic heterocycles. The molecule has 0 spiro atoms. The van der Waals surface area contributed by atoms with Crippen LogP contribution < -0.4 is 16.8 Å². The predicted octanol–water partition coefficient (Wildman–Crippen LogP) is 1.27. The Morgan fingerprint density at radius 3 is 2.74 bits per heavy atom. The Hall–Kier alpha value is -3.01. The Labute approximate surface area is 184 Å². The minimum atomic E-state index is -0.771. The van der Waals surface area contributed by atoms with Crippen LogP contribution in [0.15, 0.2) is 29.3 Å². The summed E-state index contributed by atoms with van der Waals surface area (Å²) >= 11 is 1.30. The van der Waals surface area contributed by atoms with Crippen molar-refractivity contribution in [2.24, 2.45) is 22.4 Å². The van der Waals surface area contributed by atoms with Crippen LogP contribution in [0, 0.1) is 5.92 Å². The summed E-state index contributed by atoms with van der Waals surface area (Å²) in [6, 6.07) is 6.16. The fourth-order valence-corrected chi connectivity index (χ4v) is 4.77. The van der Waals surface area contributed by atoms with E-state index in [1.54, 1.807) is 4.90 Å². The number of ketones is 1. The van der Waals surface area contributed by atoms with Crippen LogP contribution in [0.2, 0.25) is 0 Å². The highest BCUT2D eigenvalue weighted by atomic mass is 32.1. The third-order valence-electron chi connectivity index (χ3n) is 5.30. The van der Waals surface area contributed by atoms with Gasteiger partial charge in [0.2, 0.25) is 17.6 Å².